The third-order valence-corrected chi connectivity index (χ3v) is 7.36. The normalized spacial score (nSPS) is 11.5. The van der Waals surface area contributed by atoms with Crippen molar-refractivity contribution in [2.75, 3.05) is 26.2 Å². The predicted molar refractivity (Wildman–Crippen MR) is 150 cm³/mol. The lowest BCUT2D eigenvalue weighted by Gasteiger charge is -2.39. The second-order valence-electron chi connectivity index (χ2n) is 10.8. The van der Waals surface area contributed by atoms with E-state index in [-0.39, 0.29) is 19.3 Å². The van der Waals surface area contributed by atoms with E-state index in [1.165, 1.54) is 77.0 Å². The van der Waals surface area contributed by atoms with Gasteiger partial charge < -0.3 is 19.8 Å². The highest BCUT2D eigenvalue weighted by molar-refractivity contribution is 5.67. The maximum absolute atomic E-state index is 11.0. The van der Waals surface area contributed by atoms with E-state index in [2.05, 4.69) is 6.58 Å². The highest BCUT2D eigenvalue weighted by Gasteiger charge is 2.27. The quantitative estimate of drug-likeness (QED) is 0.0530. The van der Waals surface area contributed by atoms with Crippen LogP contribution in [0.25, 0.3) is 0 Å². The summed E-state index contributed by atoms with van der Waals surface area (Å²) in [5.41, 5.74) is 0. The van der Waals surface area contributed by atoms with Crippen molar-refractivity contribution in [3.05, 3.63) is 12.7 Å². The number of nitrogens with zero attached hydrogens (tertiary/aromatic N) is 1. The molecule has 0 fully saturated rings. The molecule has 0 saturated heterocycles. The van der Waals surface area contributed by atoms with Gasteiger partial charge >= 0.3 is 17.9 Å². The summed E-state index contributed by atoms with van der Waals surface area (Å²) in [6.07, 6.45) is 22.9. The van der Waals surface area contributed by atoms with E-state index in [0.717, 1.165) is 25.8 Å². The molecule has 7 heteroatoms. The number of unbranched alkanes of at least 4 members (excludes halogenated alkanes) is 14. The molecule has 3 N–H and O–H groups in total. The van der Waals surface area contributed by atoms with Crippen LogP contribution in [0.4, 0.5) is 0 Å². The van der Waals surface area contributed by atoms with Crippen LogP contribution in [0.5, 0.6) is 0 Å². The molecular weight excluding hydrogens is 470 g/mol. The van der Waals surface area contributed by atoms with Gasteiger partial charge in [-0.2, -0.15) is 0 Å². The van der Waals surface area contributed by atoms with Crippen LogP contribution in [0.3, 0.4) is 0 Å². The number of allylic oxidation sites excluding steroid dienone is 1. The van der Waals surface area contributed by atoms with Gasteiger partial charge in [0.15, 0.2) is 0 Å². The third kappa shape index (κ3) is 24.2. The van der Waals surface area contributed by atoms with Gasteiger partial charge in [0.05, 0.1) is 45.4 Å². The Morgan fingerprint density at radius 2 is 0.730 bits per heavy atom. The monoisotopic (exact) mass is 526 g/mol. The van der Waals surface area contributed by atoms with Crippen LogP contribution in [0.1, 0.15) is 135 Å². The van der Waals surface area contributed by atoms with Crippen LogP contribution < -0.4 is 0 Å². The van der Waals surface area contributed by atoms with Crippen molar-refractivity contribution < 1.29 is 34.2 Å². The molecule has 0 rings (SSSR count). The van der Waals surface area contributed by atoms with E-state index in [9.17, 15) is 14.4 Å². The molecule has 216 valence electrons. The van der Waals surface area contributed by atoms with Gasteiger partial charge in [-0.3, -0.25) is 14.4 Å². The van der Waals surface area contributed by atoms with Gasteiger partial charge in [0.2, 0.25) is 0 Å². The number of carboxylic acid groups (broad SMARTS) is 3. The van der Waals surface area contributed by atoms with Crippen molar-refractivity contribution in [2.24, 2.45) is 0 Å². The lowest BCUT2D eigenvalue weighted by Crippen LogP contribution is -2.51. The first-order chi connectivity index (χ1) is 17.8. The van der Waals surface area contributed by atoms with Gasteiger partial charge in [-0.05, 0) is 25.7 Å². The highest BCUT2D eigenvalue weighted by Crippen LogP contribution is 2.19. The van der Waals surface area contributed by atoms with Gasteiger partial charge in [0.1, 0.15) is 0 Å². The first-order valence-electron chi connectivity index (χ1n) is 14.9. The Hall–Kier alpha value is -1.89. The summed E-state index contributed by atoms with van der Waals surface area (Å²) < 4.78 is 0.641. The van der Waals surface area contributed by atoms with Gasteiger partial charge in [0, 0.05) is 19.3 Å². The van der Waals surface area contributed by atoms with Crippen LogP contribution in [-0.4, -0.2) is 63.9 Å². The number of quaternary nitrogens is 1. The average molecular weight is 527 g/mol. The molecular formula is C30H56NO6+. The molecule has 0 unspecified atom stereocenters. The number of aliphatic carboxylic acids is 3. The molecule has 0 spiro atoms. The fourth-order valence-electron chi connectivity index (χ4n) is 5.23. The van der Waals surface area contributed by atoms with Crippen LogP contribution >= 0.6 is 0 Å². The van der Waals surface area contributed by atoms with E-state index < -0.39 is 17.9 Å². The summed E-state index contributed by atoms with van der Waals surface area (Å²) in [7, 11) is 0. The molecule has 0 bridgehead atoms. The minimum absolute atomic E-state index is 0.0909. The topological polar surface area (TPSA) is 112 Å². The molecule has 0 aliphatic rings. The lowest BCUT2D eigenvalue weighted by atomic mass is 10.0. The molecule has 0 saturated carbocycles. The first kappa shape index (κ1) is 35.1. The van der Waals surface area contributed by atoms with Gasteiger partial charge in [-0.25, -0.2) is 0 Å². The molecule has 0 aliphatic heterocycles. The Labute approximate surface area is 225 Å². The highest BCUT2D eigenvalue weighted by atomic mass is 16.4. The molecule has 0 atom stereocenters. The van der Waals surface area contributed by atoms with E-state index in [1.807, 2.05) is 6.08 Å². The lowest BCUT2D eigenvalue weighted by molar-refractivity contribution is -0.929. The van der Waals surface area contributed by atoms with Crippen LogP contribution in [0.2, 0.25) is 0 Å². The summed E-state index contributed by atoms with van der Waals surface area (Å²) in [6, 6.07) is 0. The number of hydrogen-bond donors (Lipinski definition) is 3. The molecule has 7 nitrogen and oxygen atoms in total. The number of hydrogen-bond acceptors (Lipinski definition) is 3. The second-order valence-corrected chi connectivity index (χ2v) is 10.8. The summed E-state index contributed by atoms with van der Waals surface area (Å²) in [6.45, 7) is 6.64. The van der Waals surface area contributed by atoms with Crippen molar-refractivity contribution in [3.63, 3.8) is 0 Å². The smallest absolute Gasteiger partial charge is 0.303 e. The van der Waals surface area contributed by atoms with Crippen molar-refractivity contribution in [1.29, 1.82) is 0 Å². The maximum Gasteiger partial charge on any atom is 0.303 e. The van der Waals surface area contributed by atoms with Crippen LogP contribution in [0.15, 0.2) is 12.7 Å². The molecule has 0 aromatic heterocycles. The van der Waals surface area contributed by atoms with E-state index in [4.69, 9.17) is 15.3 Å². The Kier molecular flexibility index (Phi) is 23.2. The zero-order valence-corrected chi connectivity index (χ0v) is 23.5. The first-order valence-corrected chi connectivity index (χ1v) is 14.9. The van der Waals surface area contributed by atoms with Crippen molar-refractivity contribution in [1.82, 2.24) is 0 Å². The molecule has 37 heavy (non-hydrogen) atoms. The largest absolute Gasteiger partial charge is 0.481 e. The molecule has 0 heterocycles. The number of rotatable bonds is 29. The van der Waals surface area contributed by atoms with Crippen molar-refractivity contribution in [3.8, 4) is 0 Å². The Morgan fingerprint density at radius 1 is 0.459 bits per heavy atom. The number of carboxylic acids is 3. The molecule has 0 aromatic carbocycles. The summed E-state index contributed by atoms with van der Waals surface area (Å²) >= 11 is 0. The Balaban J connectivity index is 4.23. The van der Waals surface area contributed by atoms with Crippen LogP contribution in [-0.2, 0) is 14.4 Å². The second kappa shape index (κ2) is 24.4. The van der Waals surface area contributed by atoms with E-state index in [1.54, 1.807) is 0 Å². The third-order valence-electron chi connectivity index (χ3n) is 7.36. The van der Waals surface area contributed by atoms with E-state index in [0.29, 0.717) is 43.4 Å². The van der Waals surface area contributed by atoms with Gasteiger partial charge in [-0.15, -0.1) is 6.58 Å². The minimum atomic E-state index is -0.826. The van der Waals surface area contributed by atoms with Crippen molar-refractivity contribution in [2.45, 2.75) is 135 Å². The molecule has 0 radical (unpaired) electrons. The average Bonchev–Trinajstić information content (AvgIpc) is 2.83. The van der Waals surface area contributed by atoms with Gasteiger partial charge in [-0.1, -0.05) is 76.7 Å². The molecule has 0 aliphatic carbocycles. The Bertz CT molecular complexity index is 557. The minimum Gasteiger partial charge on any atom is -0.481 e. The number of carbonyl (C=O) groups is 3. The Morgan fingerprint density at radius 3 is 1.03 bits per heavy atom. The van der Waals surface area contributed by atoms with Gasteiger partial charge in [0.25, 0.3) is 0 Å². The molecule has 0 aromatic rings. The van der Waals surface area contributed by atoms with Crippen LogP contribution in [0, 0.1) is 0 Å². The van der Waals surface area contributed by atoms with Crippen molar-refractivity contribution >= 4 is 17.9 Å². The fraction of sp³-hybridized carbons (Fsp3) is 0.833. The summed E-state index contributed by atoms with van der Waals surface area (Å²) in [5.74, 6) is -2.48. The standard InChI is InChI=1S/C30H55NO6/c1-2-3-4-5-6-7-8-9-10-11-12-13-14-15-16-17-24-31(25-18-21-28(32)33,26-19-22-29(34)35)27-20-23-30(36)37/h2H,1,3-27H2,(H2-,32,33,34,35,36,37)/p+1. The summed E-state index contributed by atoms with van der Waals surface area (Å²) in [4.78, 5) is 33.1. The zero-order valence-electron chi connectivity index (χ0n) is 23.5. The maximum atomic E-state index is 11.0. The fourth-order valence-corrected chi connectivity index (χ4v) is 5.23. The predicted octanol–water partition coefficient (Wildman–Crippen LogP) is 7.44. The summed E-state index contributed by atoms with van der Waals surface area (Å²) in [5, 5.41) is 27.2. The zero-order chi connectivity index (χ0) is 27.6. The molecule has 0 amide bonds. The SMILES string of the molecule is C=CCCCCCCCCCCCCCCCC[N+](CCCC(=O)O)(CCCC(=O)O)CCCC(=O)O. The van der Waals surface area contributed by atoms with E-state index >= 15 is 0 Å².